The zero-order valence-electron chi connectivity index (χ0n) is 15.0. The SMILES string of the molecule is COc1c(C(=O)CCC(=O)c2ccc(F)cc2)cc2c(c1OC)OCCO2. The summed E-state index contributed by atoms with van der Waals surface area (Å²) in [7, 11) is 2.87. The Balaban J connectivity index is 1.81. The lowest BCUT2D eigenvalue weighted by atomic mass is 10.00. The Labute approximate surface area is 155 Å². The molecule has 0 fully saturated rings. The highest BCUT2D eigenvalue weighted by molar-refractivity contribution is 6.04. The van der Waals surface area contributed by atoms with Crippen LogP contribution in [0.25, 0.3) is 0 Å². The van der Waals surface area contributed by atoms with Gasteiger partial charge in [0.1, 0.15) is 19.0 Å². The Morgan fingerprint density at radius 1 is 0.963 bits per heavy atom. The summed E-state index contributed by atoms with van der Waals surface area (Å²) in [6, 6.07) is 6.76. The maximum absolute atomic E-state index is 13.0. The molecule has 1 heterocycles. The van der Waals surface area contributed by atoms with E-state index < -0.39 is 5.82 Å². The molecular weight excluding hydrogens is 355 g/mol. The number of Topliss-reactive ketones (excluding diaryl/α,β-unsaturated/α-hetero) is 2. The highest BCUT2D eigenvalue weighted by atomic mass is 19.1. The number of rotatable bonds is 7. The van der Waals surface area contributed by atoms with E-state index in [-0.39, 0.29) is 41.5 Å². The van der Waals surface area contributed by atoms with Crippen LogP contribution in [0.15, 0.2) is 30.3 Å². The van der Waals surface area contributed by atoms with Crippen molar-refractivity contribution in [3.8, 4) is 23.0 Å². The summed E-state index contributed by atoms with van der Waals surface area (Å²) < 4.78 is 34.8. The largest absolute Gasteiger partial charge is 0.492 e. The van der Waals surface area contributed by atoms with E-state index >= 15 is 0 Å². The zero-order valence-corrected chi connectivity index (χ0v) is 15.0. The molecule has 27 heavy (non-hydrogen) atoms. The fourth-order valence-corrected chi connectivity index (χ4v) is 2.88. The van der Waals surface area contributed by atoms with Gasteiger partial charge in [0, 0.05) is 18.4 Å². The van der Waals surface area contributed by atoms with Crippen molar-refractivity contribution < 1.29 is 32.9 Å². The summed E-state index contributed by atoms with van der Waals surface area (Å²) in [5.41, 5.74) is 0.612. The van der Waals surface area contributed by atoms with Crippen LogP contribution in [0.2, 0.25) is 0 Å². The van der Waals surface area contributed by atoms with Crippen LogP contribution in [0.1, 0.15) is 33.6 Å². The van der Waals surface area contributed by atoms with Crippen LogP contribution in [-0.2, 0) is 0 Å². The van der Waals surface area contributed by atoms with Gasteiger partial charge in [0.2, 0.25) is 11.5 Å². The van der Waals surface area contributed by atoms with Gasteiger partial charge in [-0.2, -0.15) is 0 Å². The third kappa shape index (κ3) is 3.86. The Morgan fingerprint density at radius 3 is 2.26 bits per heavy atom. The fourth-order valence-electron chi connectivity index (χ4n) is 2.88. The maximum Gasteiger partial charge on any atom is 0.208 e. The van der Waals surface area contributed by atoms with Gasteiger partial charge in [-0.25, -0.2) is 4.39 Å². The number of fused-ring (bicyclic) bond motifs is 1. The molecule has 0 aliphatic carbocycles. The molecule has 0 N–H and O–H groups in total. The Morgan fingerprint density at radius 2 is 1.59 bits per heavy atom. The van der Waals surface area contributed by atoms with Crippen LogP contribution in [-0.4, -0.2) is 39.0 Å². The van der Waals surface area contributed by atoms with E-state index in [1.807, 2.05) is 0 Å². The smallest absolute Gasteiger partial charge is 0.208 e. The minimum Gasteiger partial charge on any atom is -0.492 e. The molecule has 142 valence electrons. The Kier molecular flexibility index (Phi) is 5.59. The predicted molar refractivity (Wildman–Crippen MR) is 94.8 cm³/mol. The number of halogens is 1. The second kappa shape index (κ2) is 8.07. The van der Waals surface area contributed by atoms with Crippen LogP contribution in [0.3, 0.4) is 0 Å². The first-order valence-corrected chi connectivity index (χ1v) is 8.41. The van der Waals surface area contributed by atoms with Gasteiger partial charge >= 0.3 is 0 Å². The molecule has 6 nitrogen and oxygen atoms in total. The van der Waals surface area contributed by atoms with Crippen LogP contribution >= 0.6 is 0 Å². The van der Waals surface area contributed by atoms with Gasteiger partial charge in [-0.3, -0.25) is 9.59 Å². The van der Waals surface area contributed by atoms with E-state index in [9.17, 15) is 14.0 Å². The second-order valence-electron chi connectivity index (χ2n) is 5.87. The molecule has 1 aliphatic rings. The standard InChI is InChI=1S/C20H19FO6/c1-24-18-14(11-17-19(20(18)25-2)27-10-9-26-17)16(23)8-7-15(22)12-3-5-13(21)6-4-12/h3-6,11H,7-10H2,1-2H3. The summed E-state index contributed by atoms with van der Waals surface area (Å²) in [6.45, 7) is 0.727. The molecular formula is C20H19FO6. The lowest BCUT2D eigenvalue weighted by Gasteiger charge is -2.23. The van der Waals surface area contributed by atoms with Gasteiger partial charge in [0.05, 0.1) is 19.8 Å². The minimum atomic E-state index is -0.421. The van der Waals surface area contributed by atoms with E-state index in [1.165, 1.54) is 38.5 Å². The molecule has 2 aromatic carbocycles. The number of hydrogen-bond donors (Lipinski definition) is 0. The fraction of sp³-hybridized carbons (Fsp3) is 0.300. The first kappa shape index (κ1) is 18.7. The van der Waals surface area contributed by atoms with E-state index in [0.717, 1.165) is 0 Å². The van der Waals surface area contributed by atoms with Gasteiger partial charge in [-0.1, -0.05) is 0 Å². The number of methoxy groups -OCH3 is 2. The summed E-state index contributed by atoms with van der Waals surface area (Å²) in [6.07, 6.45) is -0.0419. The molecule has 7 heteroatoms. The first-order valence-electron chi connectivity index (χ1n) is 8.41. The quantitative estimate of drug-likeness (QED) is 0.691. The molecule has 0 saturated heterocycles. The van der Waals surface area contributed by atoms with Gasteiger partial charge in [-0.15, -0.1) is 0 Å². The lowest BCUT2D eigenvalue weighted by molar-refractivity contribution is 0.0914. The third-order valence-corrected chi connectivity index (χ3v) is 4.20. The topological polar surface area (TPSA) is 71.1 Å². The minimum absolute atomic E-state index is 0.00955. The molecule has 0 aromatic heterocycles. The van der Waals surface area contributed by atoms with E-state index in [4.69, 9.17) is 18.9 Å². The van der Waals surface area contributed by atoms with Gasteiger partial charge in [-0.05, 0) is 30.3 Å². The molecule has 0 atom stereocenters. The number of carbonyl (C=O) groups excluding carboxylic acids is 2. The molecule has 3 rings (SSSR count). The number of carbonyl (C=O) groups is 2. The van der Waals surface area contributed by atoms with Gasteiger partial charge < -0.3 is 18.9 Å². The van der Waals surface area contributed by atoms with Crippen molar-refractivity contribution in [1.29, 1.82) is 0 Å². The zero-order chi connectivity index (χ0) is 19.4. The molecule has 0 bridgehead atoms. The van der Waals surface area contributed by atoms with Crippen molar-refractivity contribution in [2.24, 2.45) is 0 Å². The summed E-state index contributed by atoms with van der Waals surface area (Å²) in [4.78, 5) is 25.0. The van der Waals surface area contributed by atoms with Crippen molar-refractivity contribution in [3.05, 3.63) is 47.3 Å². The normalized spacial score (nSPS) is 12.4. The van der Waals surface area contributed by atoms with E-state index in [0.29, 0.717) is 30.3 Å². The summed E-state index contributed by atoms with van der Waals surface area (Å²) in [5.74, 6) is 0.343. The molecule has 0 spiro atoms. The average molecular weight is 374 g/mol. The molecule has 0 amide bonds. The van der Waals surface area contributed by atoms with Gasteiger partial charge in [0.25, 0.3) is 0 Å². The molecule has 0 saturated carbocycles. The van der Waals surface area contributed by atoms with Crippen molar-refractivity contribution in [3.63, 3.8) is 0 Å². The number of benzene rings is 2. The first-order chi connectivity index (χ1) is 13.0. The van der Waals surface area contributed by atoms with Crippen LogP contribution in [0.4, 0.5) is 4.39 Å². The van der Waals surface area contributed by atoms with Crippen molar-refractivity contribution >= 4 is 11.6 Å². The van der Waals surface area contributed by atoms with Gasteiger partial charge in [0.15, 0.2) is 23.1 Å². The highest BCUT2D eigenvalue weighted by Gasteiger charge is 2.27. The lowest BCUT2D eigenvalue weighted by Crippen LogP contribution is -2.17. The molecule has 0 radical (unpaired) electrons. The second-order valence-corrected chi connectivity index (χ2v) is 5.87. The average Bonchev–Trinajstić information content (AvgIpc) is 2.70. The van der Waals surface area contributed by atoms with Crippen molar-refractivity contribution in [1.82, 2.24) is 0 Å². The van der Waals surface area contributed by atoms with E-state index in [1.54, 1.807) is 6.07 Å². The Bertz CT molecular complexity index is 860. The van der Waals surface area contributed by atoms with Crippen LogP contribution < -0.4 is 18.9 Å². The predicted octanol–water partition coefficient (Wildman–Crippen LogP) is 3.46. The summed E-state index contributed by atoms with van der Waals surface area (Å²) in [5, 5.41) is 0. The molecule has 0 unspecified atom stereocenters. The van der Waals surface area contributed by atoms with E-state index in [2.05, 4.69) is 0 Å². The number of hydrogen-bond acceptors (Lipinski definition) is 6. The number of ketones is 2. The van der Waals surface area contributed by atoms with Crippen molar-refractivity contribution in [2.75, 3.05) is 27.4 Å². The van der Waals surface area contributed by atoms with Crippen LogP contribution in [0.5, 0.6) is 23.0 Å². The summed E-state index contributed by atoms with van der Waals surface area (Å²) >= 11 is 0. The highest BCUT2D eigenvalue weighted by Crippen LogP contribution is 2.48. The van der Waals surface area contributed by atoms with Crippen molar-refractivity contribution in [2.45, 2.75) is 12.8 Å². The maximum atomic E-state index is 13.0. The number of ether oxygens (including phenoxy) is 4. The van der Waals surface area contributed by atoms with Crippen LogP contribution in [0, 0.1) is 5.82 Å². The molecule has 1 aliphatic heterocycles. The Hall–Kier alpha value is -3.09. The third-order valence-electron chi connectivity index (χ3n) is 4.20. The monoisotopic (exact) mass is 374 g/mol. The molecule has 2 aromatic rings.